The molecule has 1 aromatic carbocycles. The van der Waals surface area contributed by atoms with Crippen LogP contribution in [0.4, 0.5) is 6.01 Å². The van der Waals surface area contributed by atoms with Crippen molar-refractivity contribution in [1.29, 1.82) is 0 Å². The molecule has 0 aliphatic rings. The van der Waals surface area contributed by atoms with E-state index in [1.807, 2.05) is 18.2 Å². The van der Waals surface area contributed by atoms with E-state index in [1.54, 1.807) is 14.2 Å². The second-order valence-electron chi connectivity index (χ2n) is 2.60. The molecule has 0 saturated heterocycles. The van der Waals surface area contributed by atoms with E-state index in [2.05, 4.69) is 10.3 Å². The van der Waals surface area contributed by atoms with Gasteiger partial charge in [0.05, 0.1) is 7.11 Å². The van der Waals surface area contributed by atoms with Crippen LogP contribution in [0.25, 0.3) is 11.1 Å². The van der Waals surface area contributed by atoms with E-state index in [0.29, 0.717) is 6.01 Å². The van der Waals surface area contributed by atoms with Crippen LogP contribution in [0.3, 0.4) is 0 Å². The fourth-order valence-corrected chi connectivity index (χ4v) is 1.14. The van der Waals surface area contributed by atoms with E-state index in [0.717, 1.165) is 16.8 Å². The first-order valence-electron chi connectivity index (χ1n) is 3.96. The second-order valence-corrected chi connectivity index (χ2v) is 2.60. The summed E-state index contributed by atoms with van der Waals surface area (Å²) in [5.41, 5.74) is 1.55. The summed E-state index contributed by atoms with van der Waals surface area (Å²) in [6.07, 6.45) is 0. The number of rotatable bonds is 2. The summed E-state index contributed by atoms with van der Waals surface area (Å²) in [5.74, 6) is 0.781. The third kappa shape index (κ3) is 1.30. The highest BCUT2D eigenvalue weighted by molar-refractivity contribution is 5.76. The zero-order chi connectivity index (χ0) is 9.26. The van der Waals surface area contributed by atoms with Crippen molar-refractivity contribution in [3.8, 4) is 5.75 Å². The van der Waals surface area contributed by atoms with Crippen LogP contribution in [0.1, 0.15) is 0 Å². The third-order valence-electron chi connectivity index (χ3n) is 1.81. The number of anilines is 1. The summed E-state index contributed by atoms with van der Waals surface area (Å²) in [5, 5.41) is 2.84. The minimum absolute atomic E-state index is 0.517. The van der Waals surface area contributed by atoms with Gasteiger partial charge in [-0.25, -0.2) is 0 Å². The zero-order valence-corrected chi connectivity index (χ0v) is 7.50. The molecule has 68 valence electrons. The van der Waals surface area contributed by atoms with Gasteiger partial charge in [0.2, 0.25) is 0 Å². The molecular formula is C9H10N2O2. The van der Waals surface area contributed by atoms with Crippen LogP contribution in [0.5, 0.6) is 5.75 Å². The topological polar surface area (TPSA) is 47.3 Å². The molecule has 1 N–H and O–H groups in total. The maximum Gasteiger partial charge on any atom is 0.295 e. The molecule has 4 nitrogen and oxygen atoms in total. The van der Waals surface area contributed by atoms with E-state index in [-0.39, 0.29) is 0 Å². The SMILES string of the molecule is CNc1nc2cc(OC)ccc2o1. The first kappa shape index (κ1) is 7.91. The quantitative estimate of drug-likeness (QED) is 0.762. The maximum absolute atomic E-state index is 5.34. The molecule has 1 aromatic heterocycles. The van der Waals surface area contributed by atoms with Gasteiger partial charge in [0.1, 0.15) is 11.3 Å². The first-order valence-corrected chi connectivity index (χ1v) is 3.96. The summed E-state index contributed by atoms with van der Waals surface area (Å²) in [6, 6.07) is 6.03. The van der Waals surface area contributed by atoms with E-state index in [1.165, 1.54) is 0 Å². The monoisotopic (exact) mass is 178 g/mol. The molecule has 0 saturated carbocycles. The van der Waals surface area contributed by atoms with Crippen molar-refractivity contribution in [2.75, 3.05) is 19.5 Å². The average Bonchev–Trinajstić information content (AvgIpc) is 2.58. The van der Waals surface area contributed by atoms with Gasteiger partial charge >= 0.3 is 0 Å². The van der Waals surface area contributed by atoms with Gasteiger partial charge in [0.25, 0.3) is 6.01 Å². The highest BCUT2D eigenvalue weighted by Crippen LogP contribution is 2.22. The van der Waals surface area contributed by atoms with Crippen LogP contribution in [0.15, 0.2) is 22.6 Å². The summed E-state index contributed by atoms with van der Waals surface area (Å²) in [6.45, 7) is 0. The molecule has 0 unspecified atom stereocenters. The molecular weight excluding hydrogens is 168 g/mol. The van der Waals surface area contributed by atoms with E-state index >= 15 is 0 Å². The van der Waals surface area contributed by atoms with Crippen molar-refractivity contribution < 1.29 is 9.15 Å². The normalized spacial score (nSPS) is 10.3. The summed E-state index contributed by atoms with van der Waals surface area (Å²) >= 11 is 0. The number of nitrogens with one attached hydrogen (secondary N) is 1. The van der Waals surface area contributed by atoms with Gasteiger partial charge in [-0.2, -0.15) is 4.98 Å². The van der Waals surface area contributed by atoms with Gasteiger partial charge in [0.15, 0.2) is 5.58 Å². The molecule has 4 heteroatoms. The number of fused-ring (bicyclic) bond motifs is 1. The van der Waals surface area contributed by atoms with Crippen LogP contribution >= 0.6 is 0 Å². The molecule has 0 amide bonds. The molecule has 0 radical (unpaired) electrons. The Kier molecular flexibility index (Phi) is 1.81. The lowest BCUT2D eigenvalue weighted by Crippen LogP contribution is -1.85. The second kappa shape index (κ2) is 2.97. The van der Waals surface area contributed by atoms with Gasteiger partial charge in [-0.1, -0.05) is 0 Å². The molecule has 1 heterocycles. The lowest BCUT2D eigenvalue weighted by atomic mass is 10.3. The fourth-order valence-electron chi connectivity index (χ4n) is 1.14. The van der Waals surface area contributed by atoms with Crippen molar-refractivity contribution in [3.05, 3.63) is 18.2 Å². The standard InChI is InChI=1S/C9H10N2O2/c1-10-9-11-7-5-6(12-2)3-4-8(7)13-9/h3-5H,1-2H3,(H,10,11). The van der Waals surface area contributed by atoms with E-state index < -0.39 is 0 Å². The number of oxazole rings is 1. The predicted octanol–water partition coefficient (Wildman–Crippen LogP) is 1.88. The molecule has 0 bridgehead atoms. The number of benzene rings is 1. The predicted molar refractivity (Wildman–Crippen MR) is 50.1 cm³/mol. The number of hydrogen-bond donors (Lipinski definition) is 1. The van der Waals surface area contributed by atoms with Crippen LogP contribution in [-0.4, -0.2) is 19.1 Å². The fraction of sp³-hybridized carbons (Fsp3) is 0.222. The molecule has 0 spiro atoms. The van der Waals surface area contributed by atoms with Crippen molar-refractivity contribution >= 4 is 17.1 Å². The van der Waals surface area contributed by atoms with Crippen LogP contribution in [0, 0.1) is 0 Å². The van der Waals surface area contributed by atoms with Crippen molar-refractivity contribution in [1.82, 2.24) is 4.98 Å². The summed E-state index contributed by atoms with van der Waals surface area (Å²) in [7, 11) is 3.39. The van der Waals surface area contributed by atoms with E-state index in [9.17, 15) is 0 Å². The highest BCUT2D eigenvalue weighted by atomic mass is 16.5. The first-order chi connectivity index (χ1) is 6.33. The number of nitrogens with zero attached hydrogens (tertiary/aromatic N) is 1. The largest absolute Gasteiger partial charge is 0.497 e. The Morgan fingerprint density at radius 1 is 1.46 bits per heavy atom. The summed E-state index contributed by atoms with van der Waals surface area (Å²) < 4.78 is 10.4. The Morgan fingerprint density at radius 3 is 3.00 bits per heavy atom. The van der Waals surface area contributed by atoms with E-state index in [4.69, 9.17) is 9.15 Å². The van der Waals surface area contributed by atoms with Crippen LogP contribution in [-0.2, 0) is 0 Å². The maximum atomic E-state index is 5.34. The minimum Gasteiger partial charge on any atom is -0.497 e. The van der Waals surface area contributed by atoms with Gasteiger partial charge in [-0.3, -0.25) is 0 Å². The molecule has 0 fully saturated rings. The molecule has 2 rings (SSSR count). The van der Waals surface area contributed by atoms with Crippen LogP contribution in [0.2, 0.25) is 0 Å². The average molecular weight is 178 g/mol. The van der Waals surface area contributed by atoms with Gasteiger partial charge < -0.3 is 14.5 Å². The lowest BCUT2D eigenvalue weighted by molar-refractivity contribution is 0.415. The lowest BCUT2D eigenvalue weighted by Gasteiger charge is -1.95. The Hall–Kier alpha value is -1.71. The Morgan fingerprint density at radius 2 is 2.31 bits per heavy atom. The number of hydrogen-bond acceptors (Lipinski definition) is 4. The van der Waals surface area contributed by atoms with Crippen molar-refractivity contribution in [2.24, 2.45) is 0 Å². The van der Waals surface area contributed by atoms with Crippen molar-refractivity contribution in [3.63, 3.8) is 0 Å². The van der Waals surface area contributed by atoms with Gasteiger partial charge in [-0.15, -0.1) is 0 Å². The third-order valence-corrected chi connectivity index (χ3v) is 1.81. The van der Waals surface area contributed by atoms with Crippen molar-refractivity contribution in [2.45, 2.75) is 0 Å². The van der Waals surface area contributed by atoms with Gasteiger partial charge in [-0.05, 0) is 12.1 Å². The Bertz CT molecular complexity index is 420. The molecule has 0 atom stereocenters. The molecule has 0 aliphatic heterocycles. The van der Waals surface area contributed by atoms with Crippen LogP contribution < -0.4 is 10.1 Å². The highest BCUT2D eigenvalue weighted by Gasteiger charge is 2.04. The smallest absolute Gasteiger partial charge is 0.295 e. The Balaban J connectivity index is 2.57. The molecule has 2 aromatic rings. The number of aromatic nitrogens is 1. The summed E-state index contributed by atoms with van der Waals surface area (Å²) in [4.78, 5) is 4.18. The number of ether oxygens (including phenoxy) is 1. The van der Waals surface area contributed by atoms with Gasteiger partial charge in [0, 0.05) is 13.1 Å². The molecule has 0 aliphatic carbocycles. The minimum atomic E-state index is 0.517. The molecule has 13 heavy (non-hydrogen) atoms. The number of methoxy groups -OCH3 is 1. The Labute approximate surface area is 75.5 Å². The zero-order valence-electron chi connectivity index (χ0n) is 7.50.